The maximum absolute atomic E-state index is 14.0. The minimum absolute atomic E-state index is 0.0566. The first-order chi connectivity index (χ1) is 13.5. The van der Waals surface area contributed by atoms with Gasteiger partial charge in [0.2, 0.25) is 0 Å². The van der Waals surface area contributed by atoms with Gasteiger partial charge in [0.05, 0.1) is 17.5 Å². The average Bonchev–Trinajstić information content (AvgIpc) is 3.02. The number of hydrogen-bond acceptors (Lipinski definition) is 3. The van der Waals surface area contributed by atoms with Crippen LogP contribution in [0.5, 0.6) is 0 Å². The van der Waals surface area contributed by atoms with Crippen LogP contribution in [-0.4, -0.2) is 35.9 Å². The van der Waals surface area contributed by atoms with E-state index in [2.05, 4.69) is 11.7 Å². The number of hydrogen-bond donors (Lipinski definition) is 0. The molecule has 1 heterocycles. The van der Waals surface area contributed by atoms with Crippen LogP contribution in [0.15, 0.2) is 12.7 Å². The number of aromatic nitrogens is 2. The second-order valence-corrected chi connectivity index (χ2v) is 10.7. The van der Waals surface area contributed by atoms with Gasteiger partial charge in [0.25, 0.3) is 0 Å². The minimum Gasteiger partial charge on any atom is -0.256 e. The Balaban J connectivity index is 2.00. The molecule has 0 saturated heterocycles. The lowest BCUT2D eigenvalue weighted by Crippen LogP contribution is -2.26. The highest BCUT2D eigenvalue weighted by Gasteiger charge is 2.44. The van der Waals surface area contributed by atoms with Gasteiger partial charge in [-0.25, -0.2) is 12.8 Å². The van der Waals surface area contributed by atoms with Crippen molar-refractivity contribution in [1.29, 1.82) is 0 Å². The third kappa shape index (κ3) is 4.86. The topological polar surface area (TPSA) is 52.0 Å². The van der Waals surface area contributed by atoms with Gasteiger partial charge in [0.15, 0.2) is 0 Å². The van der Waals surface area contributed by atoms with E-state index in [0.717, 1.165) is 4.68 Å². The summed E-state index contributed by atoms with van der Waals surface area (Å²) in [6.45, 7) is 3.49. The Morgan fingerprint density at radius 3 is 2.10 bits per heavy atom. The van der Waals surface area contributed by atoms with Crippen LogP contribution in [0.4, 0.5) is 17.6 Å². The van der Waals surface area contributed by atoms with Crippen molar-refractivity contribution in [3.63, 3.8) is 0 Å². The molecule has 2 aliphatic rings. The predicted octanol–water partition coefficient (Wildman–Crippen LogP) is 5.15. The molecule has 0 amide bonds. The predicted molar refractivity (Wildman–Crippen MR) is 103 cm³/mol. The Bertz CT molecular complexity index is 831. The lowest BCUT2D eigenvalue weighted by Gasteiger charge is -2.30. The van der Waals surface area contributed by atoms with Crippen LogP contribution in [0.3, 0.4) is 0 Å². The van der Waals surface area contributed by atoms with Gasteiger partial charge in [0.1, 0.15) is 21.7 Å². The highest BCUT2D eigenvalue weighted by molar-refractivity contribution is 7.91. The summed E-state index contributed by atoms with van der Waals surface area (Å²) in [4.78, 5) is 0. The van der Waals surface area contributed by atoms with Gasteiger partial charge >= 0.3 is 6.18 Å². The van der Waals surface area contributed by atoms with Crippen LogP contribution in [0, 0.1) is 0 Å². The van der Waals surface area contributed by atoms with E-state index in [9.17, 15) is 26.0 Å². The van der Waals surface area contributed by atoms with Gasteiger partial charge < -0.3 is 0 Å². The molecule has 2 fully saturated rings. The molecular formula is C20H28F4N2O2S. The Morgan fingerprint density at radius 2 is 1.62 bits per heavy atom. The van der Waals surface area contributed by atoms with Gasteiger partial charge in [-0.1, -0.05) is 6.08 Å². The largest absolute Gasteiger partial charge is 0.433 e. The lowest BCUT2D eigenvalue weighted by molar-refractivity contribution is -0.144. The van der Waals surface area contributed by atoms with Crippen LogP contribution >= 0.6 is 0 Å². The van der Waals surface area contributed by atoms with Crippen molar-refractivity contribution in [2.24, 2.45) is 0 Å². The first-order valence-electron chi connectivity index (χ1n) is 10.1. The molecule has 29 heavy (non-hydrogen) atoms. The van der Waals surface area contributed by atoms with Gasteiger partial charge in [-0.3, -0.25) is 4.68 Å². The average molecular weight is 437 g/mol. The summed E-state index contributed by atoms with van der Waals surface area (Å²) in [7, 11) is -3.16. The number of allylic oxidation sites excluding steroid dienone is 1. The van der Waals surface area contributed by atoms with Gasteiger partial charge in [0, 0.05) is 17.7 Å². The number of alkyl halides is 4. The molecular weight excluding hydrogens is 408 g/mol. The van der Waals surface area contributed by atoms with E-state index in [0.29, 0.717) is 44.2 Å². The smallest absolute Gasteiger partial charge is 0.256 e. The first-order valence-corrected chi connectivity index (χ1v) is 12.1. The molecule has 4 nitrogen and oxygen atoms in total. The number of halogens is 4. The van der Waals surface area contributed by atoms with Crippen molar-refractivity contribution < 1.29 is 26.0 Å². The van der Waals surface area contributed by atoms with Crippen molar-refractivity contribution in [1.82, 2.24) is 9.78 Å². The molecule has 164 valence electrons. The maximum atomic E-state index is 14.0. The molecule has 0 bridgehead atoms. The van der Waals surface area contributed by atoms with Crippen LogP contribution in [-0.2, 0) is 22.6 Å². The fourth-order valence-corrected chi connectivity index (χ4v) is 5.99. The normalized spacial score (nSPS) is 29.0. The molecule has 1 aromatic rings. The van der Waals surface area contributed by atoms with Crippen LogP contribution in [0.2, 0.25) is 0 Å². The van der Waals surface area contributed by atoms with E-state index in [1.54, 1.807) is 0 Å². The van der Waals surface area contributed by atoms with Crippen molar-refractivity contribution in [3.05, 3.63) is 29.6 Å². The number of sulfone groups is 1. The van der Waals surface area contributed by atoms with Gasteiger partial charge in [-0.2, -0.15) is 18.3 Å². The number of nitrogens with zero attached hydrogens (tertiary/aromatic N) is 2. The molecule has 0 spiro atoms. The van der Waals surface area contributed by atoms with E-state index in [4.69, 9.17) is 0 Å². The molecule has 2 saturated carbocycles. The van der Waals surface area contributed by atoms with E-state index in [1.807, 2.05) is 0 Å². The van der Waals surface area contributed by atoms with E-state index >= 15 is 0 Å². The summed E-state index contributed by atoms with van der Waals surface area (Å²) in [5.41, 5.74) is -0.123. The minimum atomic E-state index is -4.57. The Hall–Kier alpha value is -1.38. The standard InChI is InChI=1S/C20H28F4N2O2S/c1-3-12-26-19(20(22,23)24)17(13-4-8-15(21)9-5-13)18(25-26)14-6-10-16(11-7-14)29(2,27)28/h3,13-16H,1,4-12H2,2H3. The Kier molecular flexibility index (Phi) is 6.46. The first kappa shape index (κ1) is 22.3. The molecule has 3 rings (SSSR count). The molecule has 1 aromatic heterocycles. The van der Waals surface area contributed by atoms with Crippen molar-refractivity contribution >= 4 is 9.84 Å². The zero-order valence-electron chi connectivity index (χ0n) is 16.6. The monoisotopic (exact) mass is 436 g/mol. The molecule has 0 aromatic carbocycles. The quantitative estimate of drug-likeness (QED) is 0.474. The SMILES string of the molecule is C=CCn1nc(C2CCC(S(C)(=O)=O)CC2)c(C2CCC(F)CC2)c1C(F)(F)F. The van der Waals surface area contributed by atoms with E-state index in [1.165, 1.54) is 12.3 Å². The summed E-state index contributed by atoms with van der Waals surface area (Å²) in [5.74, 6) is -0.585. The highest BCUT2D eigenvalue weighted by Crippen LogP contribution is 2.47. The third-order valence-electron chi connectivity index (χ3n) is 6.32. The maximum Gasteiger partial charge on any atom is 0.433 e. The van der Waals surface area contributed by atoms with Crippen LogP contribution < -0.4 is 0 Å². The molecule has 0 aliphatic heterocycles. The van der Waals surface area contributed by atoms with E-state index < -0.39 is 33.1 Å². The summed E-state index contributed by atoms with van der Waals surface area (Å²) in [6.07, 6.45) is 0.157. The number of rotatable bonds is 5. The zero-order valence-corrected chi connectivity index (χ0v) is 17.4. The summed E-state index contributed by atoms with van der Waals surface area (Å²) in [5, 5.41) is 3.91. The summed E-state index contributed by atoms with van der Waals surface area (Å²) < 4.78 is 80.3. The lowest BCUT2D eigenvalue weighted by atomic mass is 9.77. The van der Waals surface area contributed by atoms with Crippen molar-refractivity contribution in [3.8, 4) is 0 Å². The fourth-order valence-electron chi connectivity index (χ4n) is 4.86. The van der Waals surface area contributed by atoms with Crippen LogP contribution in [0.25, 0.3) is 0 Å². The molecule has 9 heteroatoms. The Labute approximate surface area is 169 Å². The van der Waals surface area contributed by atoms with Crippen molar-refractivity contribution in [2.45, 2.75) is 87.3 Å². The molecule has 0 unspecified atom stereocenters. The Morgan fingerprint density at radius 1 is 1.07 bits per heavy atom. The summed E-state index contributed by atoms with van der Waals surface area (Å²) in [6, 6.07) is 0. The molecule has 0 radical (unpaired) electrons. The second kappa shape index (κ2) is 8.40. The molecule has 0 atom stereocenters. The molecule has 0 N–H and O–H groups in total. The molecule has 2 aliphatic carbocycles. The fraction of sp³-hybridized carbons (Fsp3) is 0.750. The van der Waals surface area contributed by atoms with Gasteiger partial charge in [-0.05, 0) is 57.3 Å². The summed E-state index contributed by atoms with van der Waals surface area (Å²) >= 11 is 0. The third-order valence-corrected chi connectivity index (χ3v) is 8.00. The second-order valence-electron chi connectivity index (χ2n) is 8.37. The van der Waals surface area contributed by atoms with E-state index in [-0.39, 0.29) is 36.8 Å². The van der Waals surface area contributed by atoms with Crippen molar-refractivity contribution in [2.75, 3.05) is 6.26 Å². The highest BCUT2D eigenvalue weighted by atomic mass is 32.2. The van der Waals surface area contributed by atoms with Gasteiger partial charge in [-0.15, -0.1) is 6.58 Å². The zero-order chi connectivity index (χ0) is 21.4. The van der Waals surface area contributed by atoms with Crippen LogP contribution in [0.1, 0.15) is 80.2 Å².